The van der Waals surface area contributed by atoms with E-state index in [0.29, 0.717) is 17.1 Å². The summed E-state index contributed by atoms with van der Waals surface area (Å²) in [6, 6.07) is 21.9. The monoisotopic (exact) mass is 450 g/mol. The molecule has 0 spiro atoms. The van der Waals surface area contributed by atoms with Gasteiger partial charge in [0.1, 0.15) is 23.0 Å². The first-order valence-corrected chi connectivity index (χ1v) is 11.3. The maximum atomic E-state index is 13.5. The van der Waals surface area contributed by atoms with Crippen molar-refractivity contribution >= 4 is 23.6 Å². The Morgan fingerprint density at radius 1 is 1.03 bits per heavy atom. The smallest absolute Gasteiger partial charge is 0.255 e. The minimum absolute atomic E-state index is 0.214. The van der Waals surface area contributed by atoms with E-state index in [-0.39, 0.29) is 29.6 Å². The van der Waals surface area contributed by atoms with E-state index in [9.17, 15) is 14.0 Å². The fraction of sp³-hybridized carbons (Fsp3) is 0.200. The Hall–Kier alpha value is -3.32. The van der Waals surface area contributed by atoms with Crippen LogP contribution >= 0.6 is 11.8 Å². The van der Waals surface area contributed by atoms with Gasteiger partial charge in [-0.05, 0) is 47.5 Å². The van der Waals surface area contributed by atoms with Crippen LogP contribution in [0.4, 0.5) is 4.39 Å². The largest absolute Gasteiger partial charge is 0.497 e. The van der Waals surface area contributed by atoms with E-state index >= 15 is 0 Å². The molecule has 1 aliphatic rings. The molecule has 2 unspecified atom stereocenters. The van der Waals surface area contributed by atoms with Gasteiger partial charge >= 0.3 is 0 Å². The lowest BCUT2D eigenvalue weighted by atomic mass is 10.1. The normalized spacial score (nSPS) is 17.8. The highest BCUT2D eigenvalue weighted by Crippen LogP contribution is 2.42. The third-order valence-electron chi connectivity index (χ3n) is 5.34. The predicted molar refractivity (Wildman–Crippen MR) is 123 cm³/mol. The Balaban J connectivity index is 1.57. The van der Waals surface area contributed by atoms with Crippen molar-refractivity contribution in [2.75, 3.05) is 12.9 Å². The minimum Gasteiger partial charge on any atom is -0.497 e. The second-order valence-corrected chi connectivity index (χ2v) is 8.51. The lowest BCUT2D eigenvalue weighted by Gasteiger charge is -2.29. The highest BCUT2D eigenvalue weighted by atomic mass is 32.2. The summed E-state index contributed by atoms with van der Waals surface area (Å²) in [7, 11) is 1.57. The number of nitrogens with one attached hydrogen (secondary N) is 1. The molecule has 0 aromatic heterocycles. The molecule has 1 fully saturated rings. The van der Waals surface area contributed by atoms with E-state index in [1.54, 1.807) is 60.2 Å². The second-order valence-electron chi connectivity index (χ2n) is 7.40. The molecule has 0 bridgehead atoms. The van der Waals surface area contributed by atoms with Gasteiger partial charge in [-0.3, -0.25) is 9.59 Å². The fourth-order valence-corrected chi connectivity index (χ4v) is 5.05. The molecule has 2 atom stereocenters. The Labute approximate surface area is 190 Å². The number of nitrogens with zero attached hydrogens (tertiary/aromatic N) is 1. The van der Waals surface area contributed by atoms with Gasteiger partial charge in [0.25, 0.3) is 5.91 Å². The number of hydrogen-bond donors (Lipinski definition) is 1. The molecule has 3 aromatic rings. The van der Waals surface area contributed by atoms with Crippen molar-refractivity contribution in [3.8, 4) is 5.75 Å². The van der Waals surface area contributed by atoms with E-state index in [2.05, 4.69) is 5.32 Å². The van der Waals surface area contributed by atoms with Crippen molar-refractivity contribution in [3.05, 3.63) is 101 Å². The molecular weight excluding hydrogens is 427 g/mol. The van der Waals surface area contributed by atoms with Crippen LogP contribution in [0.2, 0.25) is 0 Å². The number of halogens is 1. The minimum atomic E-state index is -0.625. The topological polar surface area (TPSA) is 58.6 Å². The summed E-state index contributed by atoms with van der Waals surface area (Å²) in [5, 5.41) is 2.63. The molecule has 1 saturated heterocycles. The molecule has 1 aliphatic heterocycles. The van der Waals surface area contributed by atoms with Crippen molar-refractivity contribution in [1.82, 2.24) is 10.2 Å². The van der Waals surface area contributed by atoms with E-state index in [1.165, 1.54) is 12.1 Å². The first-order chi connectivity index (χ1) is 15.6. The lowest BCUT2D eigenvalue weighted by Crippen LogP contribution is -2.47. The molecule has 1 N–H and O–H groups in total. The van der Waals surface area contributed by atoms with Gasteiger partial charge in [0.2, 0.25) is 5.91 Å². The molecule has 4 rings (SSSR count). The number of thioether (sulfide) groups is 1. The second kappa shape index (κ2) is 9.87. The molecule has 1 heterocycles. The van der Waals surface area contributed by atoms with Crippen molar-refractivity contribution < 1.29 is 18.7 Å². The van der Waals surface area contributed by atoms with Crippen LogP contribution in [0.1, 0.15) is 26.9 Å². The number of rotatable bonds is 6. The highest BCUT2D eigenvalue weighted by molar-refractivity contribution is 7.99. The first kappa shape index (κ1) is 21.9. The van der Waals surface area contributed by atoms with Crippen LogP contribution in [0.3, 0.4) is 0 Å². The van der Waals surface area contributed by atoms with Crippen LogP contribution in [-0.4, -0.2) is 35.6 Å². The fourth-order valence-electron chi connectivity index (χ4n) is 3.62. The molecule has 0 saturated carbocycles. The molecule has 2 amide bonds. The molecule has 3 aromatic carbocycles. The number of hydrogen-bond acceptors (Lipinski definition) is 4. The van der Waals surface area contributed by atoms with Gasteiger partial charge in [0, 0.05) is 17.9 Å². The van der Waals surface area contributed by atoms with E-state index < -0.39 is 6.04 Å². The predicted octanol–water partition coefficient (Wildman–Crippen LogP) is 4.41. The molecule has 7 heteroatoms. The number of ether oxygens (including phenoxy) is 1. The van der Waals surface area contributed by atoms with Crippen LogP contribution in [0.25, 0.3) is 0 Å². The van der Waals surface area contributed by atoms with Crippen LogP contribution < -0.4 is 10.1 Å². The molecule has 0 aliphatic carbocycles. The average molecular weight is 451 g/mol. The molecule has 0 radical (unpaired) electrons. The van der Waals surface area contributed by atoms with Crippen LogP contribution in [0, 0.1) is 5.82 Å². The van der Waals surface area contributed by atoms with Crippen molar-refractivity contribution in [2.45, 2.75) is 18.0 Å². The molecule has 164 valence electrons. The number of methoxy groups -OCH3 is 1. The zero-order valence-corrected chi connectivity index (χ0v) is 18.3. The summed E-state index contributed by atoms with van der Waals surface area (Å²) >= 11 is 1.56. The van der Waals surface area contributed by atoms with E-state index in [1.807, 2.05) is 30.3 Å². The van der Waals surface area contributed by atoms with Crippen LogP contribution in [0.15, 0.2) is 78.9 Å². The Morgan fingerprint density at radius 2 is 1.72 bits per heavy atom. The maximum absolute atomic E-state index is 13.5. The Bertz CT molecular complexity index is 1070. The van der Waals surface area contributed by atoms with Gasteiger partial charge < -0.3 is 15.0 Å². The number of carbonyl (C=O) groups excluding carboxylic acids is 2. The van der Waals surface area contributed by atoms with Crippen LogP contribution in [-0.2, 0) is 11.3 Å². The summed E-state index contributed by atoms with van der Waals surface area (Å²) in [5.41, 5.74) is 2.25. The van der Waals surface area contributed by atoms with E-state index in [0.717, 1.165) is 11.1 Å². The summed E-state index contributed by atoms with van der Waals surface area (Å²) in [6.45, 7) is 0.265. The Morgan fingerprint density at radius 3 is 2.38 bits per heavy atom. The number of amides is 2. The molecular formula is C25H23FN2O3S. The number of carbonyl (C=O) groups is 2. The van der Waals surface area contributed by atoms with Gasteiger partial charge in [-0.2, -0.15) is 0 Å². The van der Waals surface area contributed by atoms with Gasteiger partial charge in [-0.25, -0.2) is 4.39 Å². The maximum Gasteiger partial charge on any atom is 0.255 e. The first-order valence-electron chi connectivity index (χ1n) is 10.2. The Kier molecular flexibility index (Phi) is 6.75. The third kappa shape index (κ3) is 4.78. The third-order valence-corrected chi connectivity index (χ3v) is 6.66. The van der Waals surface area contributed by atoms with Gasteiger partial charge in [-0.1, -0.05) is 42.5 Å². The van der Waals surface area contributed by atoms with Gasteiger partial charge in [0.15, 0.2) is 0 Å². The highest BCUT2D eigenvalue weighted by Gasteiger charge is 2.42. The summed E-state index contributed by atoms with van der Waals surface area (Å²) in [5.74, 6) is 0.367. The van der Waals surface area contributed by atoms with Crippen molar-refractivity contribution in [1.29, 1.82) is 0 Å². The quantitative estimate of drug-likeness (QED) is 0.605. The summed E-state index contributed by atoms with van der Waals surface area (Å²) < 4.78 is 18.3. The SMILES string of the molecule is COc1ccc(C(=O)N2C(C(=O)NCc3ccc(F)cc3)CSC2c2ccccc2)cc1. The van der Waals surface area contributed by atoms with E-state index in [4.69, 9.17) is 4.74 Å². The molecule has 32 heavy (non-hydrogen) atoms. The standard InChI is InChI=1S/C25H23FN2O3S/c1-31-21-13-9-18(10-14-21)24(30)28-22(16-32-25(28)19-5-3-2-4-6-19)23(29)27-15-17-7-11-20(26)12-8-17/h2-14,22,25H,15-16H2,1H3,(H,27,29). The van der Waals surface area contributed by atoms with Crippen LogP contribution in [0.5, 0.6) is 5.75 Å². The molecule has 5 nitrogen and oxygen atoms in total. The zero-order valence-electron chi connectivity index (χ0n) is 17.5. The van der Waals surface area contributed by atoms with Crippen molar-refractivity contribution in [2.24, 2.45) is 0 Å². The van der Waals surface area contributed by atoms with Gasteiger partial charge in [-0.15, -0.1) is 11.8 Å². The number of benzene rings is 3. The summed E-state index contributed by atoms with van der Waals surface area (Å²) in [6.07, 6.45) is 0. The zero-order chi connectivity index (χ0) is 22.5. The lowest BCUT2D eigenvalue weighted by molar-refractivity contribution is -0.125. The summed E-state index contributed by atoms with van der Waals surface area (Å²) in [4.78, 5) is 28.3. The van der Waals surface area contributed by atoms with Gasteiger partial charge in [0.05, 0.1) is 7.11 Å². The van der Waals surface area contributed by atoms with Crippen molar-refractivity contribution in [3.63, 3.8) is 0 Å². The average Bonchev–Trinajstić information content (AvgIpc) is 3.29.